The van der Waals surface area contributed by atoms with E-state index in [-0.39, 0.29) is 11.5 Å². The summed E-state index contributed by atoms with van der Waals surface area (Å²) < 4.78 is 57.2. The van der Waals surface area contributed by atoms with Crippen molar-refractivity contribution < 1.29 is 90.8 Å². The maximum atomic E-state index is 12.9. The highest BCUT2D eigenvalue weighted by Crippen LogP contribution is 2.38. The highest BCUT2D eigenvalue weighted by Gasteiger charge is 2.57. The molecule has 2 fully saturated rings. The van der Waals surface area contributed by atoms with E-state index in [4.69, 9.17) is 47.4 Å². The van der Waals surface area contributed by atoms with Gasteiger partial charge in [0.15, 0.2) is 36.5 Å². The molecule has 2 heterocycles. The predicted molar refractivity (Wildman–Crippen MR) is 200 cm³/mol. The van der Waals surface area contributed by atoms with Gasteiger partial charge in [-0.15, -0.1) is 0 Å². The zero-order valence-electron chi connectivity index (χ0n) is 33.5. The number of hydrogen-bond acceptors (Lipinski definition) is 18. The summed E-state index contributed by atoms with van der Waals surface area (Å²) in [5.74, 6) is -8.23. The van der Waals surface area contributed by atoms with E-state index in [1.54, 1.807) is 6.08 Å². The number of carbonyl (C=O) groups excluding carboxylic acids is 7. The molecular weight excluding hydrogens is 796 g/mol. The Bertz CT molecular complexity index is 1890. The van der Waals surface area contributed by atoms with Crippen molar-refractivity contribution in [3.05, 3.63) is 71.8 Å². The Morgan fingerprint density at radius 1 is 0.583 bits per heavy atom. The van der Waals surface area contributed by atoms with Crippen LogP contribution in [0.25, 0.3) is 6.08 Å². The molecule has 2 aromatic carbocycles. The van der Waals surface area contributed by atoms with Crippen molar-refractivity contribution in [2.75, 3.05) is 13.2 Å². The molecule has 0 saturated carbocycles. The summed E-state index contributed by atoms with van der Waals surface area (Å²) in [7, 11) is 0. The second kappa shape index (κ2) is 21.7. The average Bonchev–Trinajstić information content (AvgIpc) is 3.16. The largest absolute Gasteiger partial charge is 0.481 e. The summed E-state index contributed by atoms with van der Waals surface area (Å²) in [6.07, 6.45) is -12.2. The van der Waals surface area contributed by atoms with Crippen LogP contribution in [0.3, 0.4) is 0 Å². The van der Waals surface area contributed by atoms with Gasteiger partial charge in [-0.2, -0.15) is 0 Å². The van der Waals surface area contributed by atoms with Crippen molar-refractivity contribution in [1.29, 1.82) is 0 Å². The number of hydrogen-bond donors (Lipinski definition) is 1. The van der Waals surface area contributed by atoms with Gasteiger partial charge in [0.05, 0.1) is 12.5 Å². The van der Waals surface area contributed by atoms with E-state index in [1.807, 2.05) is 30.3 Å². The van der Waals surface area contributed by atoms with Gasteiger partial charge in [-0.3, -0.25) is 38.4 Å². The quantitative estimate of drug-likeness (QED) is 0.104. The minimum absolute atomic E-state index is 0.0972. The summed E-state index contributed by atoms with van der Waals surface area (Å²) in [6.45, 7) is 5.11. The van der Waals surface area contributed by atoms with Gasteiger partial charge < -0.3 is 52.5 Å². The number of carbonyl (C=O) groups is 8. The molecule has 10 atom stereocenters. The Labute approximate surface area is 344 Å². The fourth-order valence-electron chi connectivity index (χ4n) is 6.49. The molecule has 4 rings (SSSR count). The van der Waals surface area contributed by atoms with Gasteiger partial charge in [0, 0.05) is 53.0 Å². The third kappa shape index (κ3) is 13.7. The van der Waals surface area contributed by atoms with Crippen LogP contribution in [-0.4, -0.2) is 121 Å². The molecule has 1 N–H and O–H groups in total. The van der Waals surface area contributed by atoms with Crippen LogP contribution in [-0.2, 0) is 76.2 Å². The van der Waals surface area contributed by atoms with Gasteiger partial charge in [0.1, 0.15) is 31.2 Å². The molecule has 0 aliphatic carbocycles. The Morgan fingerprint density at radius 3 is 1.62 bits per heavy atom. The van der Waals surface area contributed by atoms with Crippen LogP contribution >= 0.6 is 0 Å². The summed E-state index contributed by atoms with van der Waals surface area (Å²) in [5.41, 5.74) is 1.11. The number of carboxylic acids is 1. The first kappa shape index (κ1) is 46.5. The molecule has 0 unspecified atom stereocenters. The normalized spacial score (nSPS) is 26.2. The van der Waals surface area contributed by atoms with Crippen molar-refractivity contribution >= 4 is 53.6 Å². The van der Waals surface area contributed by atoms with Crippen LogP contribution in [0.5, 0.6) is 5.75 Å². The van der Waals surface area contributed by atoms with Gasteiger partial charge in [0.25, 0.3) is 0 Å². The minimum atomic E-state index is -1.84. The first-order chi connectivity index (χ1) is 28.4. The van der Waals surface area contributed by atoms with Crippen LogP contribution in [0.15, 0.2) is 60.7 Å². The highest BCUT2D eigenvalue weighted by atomic mass is 16.8. The zero-order valence-corrected chi connectivity index (χ0v) is 33.5. The van der Waals surface area contributed by atoms with Crippen molar-refractivity contribution in [3.8, 4) is 5.75 Å². The number of allylic oxidation sites excluding steroid dienone is 1. The third-order valence-corrected chi connectivity index (χ3v) is 8.81. The fourth-order valence-corrected chi connectivity index (χ4v) is 6.49. The molecule has 19 nitrogen and oxygen atoms in total. The van der Waals surface area contributed by atoms with Crippen molar-refractivity contribution in [2.45, 2.75) is 103 Å². The second-order valence-corrected chi connectivity index (χ2v) is 13.6. The lowest BCUT2D eigenvalue weighted by atomic mass is 9.85. The molecule has 0 aromatic heterocycles. The summed E-state index contributed by atoms with van der Waals surface area (Å²) in [4.78, 5) is 99.0. The van der Waals surface area contributed by atoms with E-state index < -0.39 is 123 Å². The Balaban J connectivity index is 1.75. The number of esters is 6. The number of ketones is 1. The molecule has 60 heavy (non-hydrogen) atoms. The van der Waals surface area contributed by atoms with Crippen LogP contribution in [0, 0.1) is 5.92 Å². The number of ether oxygens (including phenoxy) is 10. The molecule has 0 radical (unpaired) electrons. The molecule has 2 saturated heterocycles. The van der Waals surface area contributed by atoms with Crippen molar-refractivity contribution in [2.24, 2.45) is 5.92 Å². The summed E-state index contributed by atoms with van der Waals surface area (Å²) in [6, 6.07) is 15.0. The summed E-state index contributed by atoms with van der Waals surface area (Å²) >= 11 is 0. The molecular formula is C41H46O19. The molecule has 324 valence electrons. The smallest absolute Gasteiger partial charge is 0.303 e. The van der Waals surface area contributed by atoms with E-state index >= 15 is 0 Å². The summed E-state index contributed by atoms with van der Waals surface area (Å²) in [5, 5.41) is 10.2. The highest BCUT2D eigenvalue weighted by molar-refractivity contribution is 6.06. The van der Waals surface area contributed by atoms with Crippen LogP contribution in [0.1, 0.15) is 63.9 Å². The lowest BCUT2D eigenvalue weighted by Gasteiger charge is -2.49. The van der Waals surface area contributed by atoms with Gasteiger partial charge in [-0.05, 0) is 35.9 Å². The van der Waals surface area contributed by atoms with Crippen molar-refractivity contribution in [3.63, 3.8) is 0 Å². The standard InChI is InChI=1S/C41H46O19/c1-21(42)51-19-32-35(60-41-39(56-26(6)47)38(55-25(5)46)37(54-24(4)45)33(59-41)20-52-22(2)43)30(18-34(49)50)36(53-23(3)44)40(58-32)57-29-15-13-28(14-16-29)31(48)17-12-27-10-8-7-9-11-27/h7-17,30,32-33,35-41H,18-20H2,1-6H3,(H,49,50)/b17-12-/t30-,32+,33+,35-,36-,37+,38-,39+,40+,41-/m1/s1. The fraction of sp³-hybridized carbons (Fsp3) is 0.463. The predicted octanol–water partition coefficient (Wildman–Crippen LogP) is 2.74. The van der Waals surface area contributed by atoms with Gasteiger partial charge in [-0.1, -0.05) is 36.4 Å². The Hall–Kier alpha value is -6.18. The van der Waals surface area contributed by atoms with Gasteiger partial charge in [0.2, 0.25) is 6.29 Å². The maximum absolute atomic E-state index is 12.9. The zero-order chi connectivity index (χ0) is 44.1. The SMILES string of the molecule is CC(=O)OC[C@@H]1O[C@H](Oc2ccc(C(=O)/C=C\c3ccccc3)cc2)[C@H](OC(C)=O)[C@H](CC(=O)O)[C@H]1O[C@H]1O[C@@H](COC(C)=O)[C@H](OC(C)=O)[C@@H](OC(C)=O)[C@@H]1OC(C)=O. The van der Waals surface area contributed by atoms with E-state index in [0.29, 0.717) is 5.56 Å². The van der Waals surface area contributed by atoms with Gasteiger partial charge >= 0.3 is 41.8 Å². The Kier molecular flexibility index (Phi) is 16.8. The first-order valence-corrected chi connectivity index (χ1v) is 18.6. The Morgan fingerprint density at radius 2 is 1.08 bits per heavy atom. The van der Waals surface area contributed by atoms with E-state index in [1.165, 1.54) is 30.3 Å². The average molecular weight is 843 g/mol. The molecule has 2 aliphatic heterocycles. The molecule has 0 spiro atoms. The topological polar surface area (TPSA) is 249 Å². The number of aliphatic carboxylic acids is 1. The van der Waals surface area contributed by atoms with Crippen LogP contribution in [0.4, 0.5) is 0 Å². The number of carboxylic acid groups (broad SMARTS) is 1. The van der Waals surface area contributed by atoms with E-state index in [9.17, 15) is 43.5 Å². The number of rotatable bonds is 17. The van der Waals surface area contributed by atoms with Crippen LogP contribution < -0.4 is 4.74 Å². The van der Waals surface area contributed by atoms with Crippen LogP contribution in [0.2, 0.25) is 0 Å². The second-order valence-electron chi connectivity index (χ2n) is 13.6. The lowest BCUT2D eigenvalue weighted by Crippen LogP contribution is -2.66. The third-order valence-electron chi connectivity index (χ3n) is 8.81. The molecule has 0 amide bonds. The van der Waals surface area contributed by atoms with Crippen molar-refractivity contribution in [1.82, 2.24) is 0 Å². The minimum Gasteiger partial charge on any atom is -0.481 e. The van der Waals surface area contributed by atoms with Gasteiger partial charge in [-0.25, -0.2) is 0 Å². The van der Waals surface area contributed by atoms with E-state index in [0.717, 1.165) is 47.1 Å². The monoisotopic (exact) mass is 842 g/mol. The van der Waals surface area contributed by atoms with E-state index in [2.05, 4.69) is 0 Å². The maximum Gasteiger partial charge on any atom is 0.303 e. The number of benzene rings is 2. The molecule has 2 aliphatic rings. The molecule has 0 bridgehead atoms. The first-order valence-electron chi connectivity index (χ1n) is 18.6. The lowest BCUT2D eigenvalue weighted by molar-refractivity contribution is -0.349. The molecule has 19 heteroatoms. The molecule has 2 aromatic rings.